The molecule has 0 bridgehead atoms. The van der Waals surface area contributed by atoms with E-state index in [1.807, 2.05) is 121 Å². The maximum absolute atomic E-state index is 6.28. The zero-order valence-electron chi connectivity index (χ0n) is 17.3. The van der Waals surface area contributed by atoms with Gasteiger partial charge in [0.1, 0.15) is 0 Å². The summed E-state index contributed by atoms with van der Waals surface area (Å²) < 4.78 is 25.1. The van der Waals surface area contributed by atoms with Crippen LogP contribution in [0.3, 0.4) is 0 Å². The molecule has 9 heteroatoms. The number of hydrogen-bond acceptors (Lipinski definition) is 8. The number of rotatable bonds is 12. The van der Waals surface area contributed by atoms with E-state index < -0.39 is 20.0 Å². The van der Waals surface area contributed by atoms with Crippen LogP contribution in [0.2, 0.25) is 0 Å². The van der Waals surface area contributed by atoms with Crippen LogP contribution >= 0.6 is 48.2 Å². The van der Waals surface area contributed by atoms with Crippen molar-refractivity contribution in [3.63, 3.8) is 0 Å². The van der Waals surface area contributed by atoms with E-state index in [0.29, 0.717) is 0 Å². The summed E-state index contributed by atoms with van der Waals surface area (Å²) in [7, 11) is 0. The van der Waals surface area contributed by atoms with E-state index in [-0.39, 0.29) is 0 Å². The van der Waals surface area contributed by atoms with E-state index in [4.69, 9.17) is 10.1 Å². The molecule has 0 spiro atoms. The second kappa shape index (κ2) is 13.7. The molecule has 0 amide bonds. The van der Waals surface area contributed by atoms with Gasteiger partial charge in [-0.05, 0) is 0 Å². The number of benzene rings is 4. The van der Waals surface area contributed by atoms with Gasteiger partial charge in [0, 0.05) is 0 Å². The molecule has 0 atom stereocenters. The molecular weight excluding hydrogens is 599 g/mol. The molecule has 0 radical (unpaired) electrons. The number of hydrogen-bond donors (Lipinski definition) is 0. The zero-order chi connectivity index (χ0) is 22.6. The molecule has 0 N–H and O–H groups in total. The second-order valence-corrected chi connectivity index (χ2v) is 18.2. The van der Waals surface area contributed by atoms with E-state index in [9.17, 15) is 0 Å². The van der Waals surface area contributed by atoms with E-state index in [2.05, 4.69) is 0 Å². The van der Waals surface area contributed by atoms with Gasteiger partial charge in [-0.2, -0.15) is 0 Å². The molecule has 0 aliphatic rings. The summed E-state index contributed by atoms with van der Waals surface area (Å²) >= 11 is 0.226. The minimum atomic E-state index is -4.62. The van der Waals surface area contributed by atoms with Gasteiger partial charge >= 0.3 is 219 Å². The Labute approximate surface area is 217 Å². The van der Waals surface area contributed by atoms with Crippen LogP contribution in [0.4, 0.5) is 0 Å². The third-order valence-corrected chi connectivity index (χ3v) is 16.8. The van der Waals surface area contributed by atoms with Crippen molar-refractivity contribution in [2.75, 3.05) is 0 Å². The molecule has 33 heavy (non-hydrogen) atoms. The van der Waals surface area contributed by atoms with Gasteiger partial charge in [0.2, 0.25) is 0 Å². The van der Waals surface area contributed by atoms with Crippen molar-refractivity contribution in [1.29, 1.82) is 0 Å². The Morgan fingerprint density at radius 3 is 0.758 bits per heavy atom. The van der Waals surface area contributed by atoms with Crippen molar-refractivity contribution in [1.82, 2.24) is 0 Å². The van der Waals surface area contributed by atoms with Gasteiger partial charge in [0.25, 0.3) is 0 Å². The first-order valence-electron chi connectivity index (χ1n) is 9.94. The van der Waals surface area contributed by atoms with E-state index in [0.717, 1.165) is 19.6 Å². The van der Waals surface area contributed by atoms with Crippen LogP contribution in [0.5, 0.6) is 0 Å². The summed E-state index contributed by atoms with van der Waals surface area (Å²) in [4.78, 5) is 3.75. The van der Waals surface area contributed by atoms with Crippen molar-refractivity contribution in [3.05, 3.63) is 121 Å². The average Bonchev–Trinajstić information content (AvgIpc) is 2.90. The third kappa shape index (κ3) is 8.57. The fourth-order valence-electron chi connectivity index (χ4n) is 2.38. The van der Waals surface area contributed by atoms with E-state index in [1.165, 1.54) is 48.2 Å². The van der Waals surface area contributed by atoms with Crippen LogP contribution in [-0.2, 0) is 10.1 Å². The van der Waals surface area contributed by atoms with Crippen LogP contribution < -0.4 is 0 Å². The monoisotopic (exact) mass is 620 g/mol. The Hall–Kier alpha value is -1.08. The summed E-state index contributed by atoms with van der Waals surface area (Å²) in [6.45, 7) is 0. The molecule has 0 aliphatic heterocycles. The Balaban J connectivity index is 1.56. The van der Waals surface area contributed by atoms with Crippen molar-refractivity contribution in [2.24, 2.45) is 0 Å². The predicted molar refractivity (Wildman–Crippen MR) is 139 cm³/mol. The molecule has 4 rings (SSSR count). The average molecular weight is 619 g/mol. The van der Waals surface area contributed by atoms with E-state index >= 15 is 0 Å². The first-order chi connectivity index (χ1) is 16.3. The molecule has 0 aliphatic carbocycles. The second-order valence-electron chi connectivity index (χ2n) is 6.42. The predicted octanol–water partition coefficient (Wildman–Crippen LogP) is 8.32. The van der Waals surface area contributed by atoms with Crippen LogP contribution in [-0.4, -0.2) is 20.0 Å². The molecular formula is C24H20O4S4Sn. The first-order valence-corrected chi connectivity index (χ1v) is 17.6. The minimum absolute atomic E-state index is 0.938. The molecule has 0 aromatic heterocycles. The Morgan fingerprint density at radius 1 is 0.333 bits per heavy atom. The summed E-state index contributed by atoms with van der Waals surface area (Å²) in [5.74, 6) is 0. The molecule has 4 aromatic rings. The van der Waals surface area contributed by atoms with E-state index in [1.54, 1.807) is 0 Å². The van der Waals surface area contributed by atoms with Gasteiger partial charge in [-0.1, -0.05) is 0 Å². The quantitative estimate of drug-likeness (QED) is 0.116. The molecule has 4 nitrogen and oxygen atoms in total. The van der Waals surface area contributed by atoms with Gasteiger partial charge in [0.15, 0.2) is 0 Å². The maximum atomic E-state index is 6.28. The summed E-state index contributed by atoms with van der Waals surface area (Å²) in [6, 6.07) is 39.3. The Morgan fingerprint density at radius 2 is 0.545 bits per heavy atom. The third-order valence-electron chi connectivity index (χ3n) is 3.93. The van der Waals surface area contributed by atoms with Gasteiger partial charge in [-0.15, -0.1) is 0 Å². The normalized spacial score (nSPS) is 11.4. The Kier molecular flexibility index (Phi) is 10.4. The molecule has 0 saturated heterocycles. The van der Waals surface area contributed by atoms with Crippen LogP contribution in [0.15, 0.2) is 141 Å². The van der Waals surface area contributed by atoms with Crippen molar-refractivity contribution in [3.8, 4) is 0 Å². The van der Waals surface area contributed by atoms with Crippen LogP contribution in [0.25, 0.3) is 0 Å². The Bertz CT molecular complexity index is 897. The van der Waals surface area contributed by atoms with Crippen molar-refractivity contribution < 1.29 is 10.1 Å². The molecule has 0 fully saturated rings. The zero-order valence-corrected chi connectivity index (χ0v) is 23.4. The first kappa shape index (κ1) is 25.0. The fourth-order valence-corrected chi connectivity index (χ4v) is 16.0. The van der Waals surface area contributed by atoms with Crippen LogP contribution in [0, 0.1) is 0 Å². The molecule has 0 saturated carbocycles. The SMILES string of the molecule is c1ccc(S[O][Sn]([O]Sc2ccccc2)([O]Sc2ccccc2)[O]Sc2ccccc2)cc1. The summed E-state index contributed by atoms with van der Waals surface area (Å²) in [5, 5.41) is 0. The fraction of sp³-hybridized carbons (Fsp3) is 0. The topological polar surface area (TPSA) is 36.9 Å². The van der Waals surface area contributed by atoms with Gasteiger partial charge in [-0.25, -0.2) is 0 Å². The van der Waals surface area contributed by atoms with Gasteiger partial charge in [0.05, 0.1) is 0 Å². The molecule has 4 aromatic carbocycles. The van der Waals surface area contributed by atoms with Crippen LogP contribution in [0.1, 0.15) is 0 Å². The molecule has 0 unspecified atom stereocenters. The summed E-state index contributed by atoms with van der Waals surface area (Å²) in [6.07, 6.45) is 0. The van der Waals surface area contributed by atoms with Crippen molar-refractivity contribution in [2.45, 2.75) is 19.6 Å². The van der Waals surface area contributed by atoms with Gasteiger partial charge in [-0.3, -0.25) is 0 Å². The molecule has 168 valence electrons. The summed E-state index contributed by atoms with van der Waals surface area (Å²) in [5.41, 5.74) is 0. The van der Waals surface area contributed by atoms with Crippen molar-refractivity contribution >= 4 is 68.2 Å². The van der Waals surface area contributed by atoms with Gasteiger partial charge < -0.3 is 0 Å². The molecule has 0 heterocycles. The standard InChI is InChI=1S/4C6H6OS.Sn/c4*7-8-6-4-2-1-3-5-6;/h4*1-5,7H;/q;;;;+4/p-4.